The van der Waals surface area contributed by atoms with Gasteiger partial charge in [0.25, 0.3) is 5.79 Å². The van der Waals surface area contributed by atoms with Crippen LogP contribution >= 0.6 is 0 Å². The first-order valence-electron chi connectivity index (χ1n) is 20.3. The van der Waals surface area contributed by atoms with Crippen LogP contribution in [0.1, 0.15) is 91.9 Å². The number of rotatable bonds is 6. The Balaban J connectivity index is 0.902. The molecule has 0 radical (unpaired) electrons. The van der Waals surface area contributed by atoms with Gasteiger partial charge in [0.1, 0.15) is 5.57 Å². The van der Waals surface area contributed by atoms with Gasteiger partial charge in [-0.25, -0.2) is 24.0 Å². The average Bonchev–Trinajstić information content (AvgIpc) is 3.16. The lowest BCUT2D eigenvalue weighted by Gasteiger charge is -2.51. The molecule has 4 spiro atoms. The van der Waals surface area contributed by atoms with Crippen LogP contribution in [0, 0.1) is 23.7 Å². The monoisotopic (exact) mass is 832 g/mol. The number of allylic oxidation sites excluding steroid dienone is 8. The zero-order valence-electron chi connectivity index (χ0n) is 33.8. The number of hydrogen-bond acceptors (Lipinski definition) is 16. The molecule has 16 heteroatoms. The second kappa shape index (κ2) is 16.4. The van der Waals surface area contributed by atoms with Crippen LogP contribution in [0.15, 0.2) is 94.9 Å². The summed E-state index contributed by atoms with van der Waals surface area (Å²) in [5.74, 6) is -11.5. The largest absolute Gasteiger partial charge is 0.574 e. The second-order valence-electron chi connectivity index (χ2n) is 16.7. The fourth-order valence-corrected chi connectivity index (χ4v) is 8.62. The number of aliphatic hydroxyl groups excluding tert-OH is 1. The van der Waals surface area contributed by atoms with Crippen LogP contribution in [-0.4, -0.2) is 64.4 Å². The van der Waals surface area contributed by atoms with Crippen molar-refractivity contribution in [2.24, 2.45) is 23.7 Å². The lowest BCUT2D eigenvalue weighted by atomic mass is 9.78. The lowest BCUT2D eigenvalue weighted by Crippen LogP contribution is -2.56. The van der Waals surface area contributed by atoms with Crippen LogP contribution < -0.4 is 10.2 Å². The Bertz CT molecular complexity index is 2030. The number of carbonyl (C=O) groups is 5. The van der Waals surface area contributed by atoms with Crippen molar-refractivity contribution < 1.29 is 77.2 Å². The van der Waals surface area contributed by atoms with Crippen molar-refractivity contribution in [2.75, 3.05) is 0 Å². The average molecular weight is 833 g/mol. The van der Waals surface area contributed by atoms with E-state index in [4.69, 9.17) is 37.9 Å². The fourth-order valence-electron chi connectivity index (χ4n) is 8.62. The van der Waals surface area contributed by atoms with E-state index in [0.29, 0.717) is 12.8 Å². The molecule has 4 aliphatic heterocycles. The smallest absolute Gasteiger partial charge is 0.348 e. The summed E-state index contributed by atoms with van der Waals surface area (Å²) in [6.07, 6.45) is 15.3. The van der Waals surface area contributed by atoms with Crippen LogP contribution in [0.3, 0.4) is 0 Å². The van der Waals surface area contributed by atoms with Crippen molar-refractivity contribution in [1.82, 2.24) is 0 Å². The van der Waals surface area contributed by atoms with Gasteiger partial charge < -0.3 is 53.2 Å². The minimum Gasteiger partial charge on any atom is -0.574 e. The van der Waals surface area contributed by atoms with E-state index >= 15 is 0 Å². The first-order valence-corrected chi connectivity index (χ1v) is 20.3. The van der Waals surface area contributed by atoms with E-state index in [0.717, 1.165) is 25.7 Å². The van der Waals surface area contributed by atoms with Gasteiger partial charge in [-0.1, -0.05) is 77.0 Å². The summed E-state index contributed by atoms with van der Waals surface area (Å²) in [5, 5.41) is 36.2. The van der Waals surface area contributed by atoms with Crippen LogP contribution in [0.5, 0.6) is 0 Å². The Labute approximate surface area is 346 Å². The molecule has 0 amide bonds. The Morgan fingerprint density at radius 3 is 1.45 bits per heavy atom. The van der Waals surface area contributed by atoms with E-state index < -0.39 is 76.7 Å². The Morgan fingerprint density at radius 2 is 0.983 bits per heavy atom. The highest BCUT2D eigenvalue weighted by Gasteiger charge is 2.56. The fraction of sp³-hybridized carbons (Fsp3) is 0.523. The second-order valence-corrected chi connectivity index (χ2v) is 16.7. The third-order valence-electron chi connectivity index (χ3n) is 12.3. The van der Waals surface area contributed by atoms with Gasteiger partial charge in [-0.2, -0.15) is 0 Å². The van der Waals surface area contributed by atoms with Crippen molar-refractivity contribution >= 4 is 29.8 Å². The molecule has 1 N–H and O–H groups in total. The molecule has 0 bridgehead atoms. The molecule has 60 heavy (non-hydrogen) atoms. The summed E-state index contributed by atoms with van der Waals surface area (Å²) in [6, 6.07) is 0. The Morgan fingerprint density at radius 1 is 0.533 bits per heavy atom. The maximum absolute atomic E-state index is 13.0. The van der Waals surface area contributed by atoms with E-state index in [2.05, 4.69) is 0 Å². The van der Waals surface area contributed by atoms with Crippen LogP contribution in [0.4, 0.5) is 0 Å². The minimum atomic E-state index is -1.69. The number of esters is 5. The lowest BCUT2D eigenvalue weighted by molar-refractivity contribution is -0.409. The van der Waals surface area contributed by atoms with E-state index in [-0.39, 0.29) is 66.1 Å². The van der Waals surface area contributed by atoms with Gasteiger partial charge >= 0.3 is 29.8 Å². The molecule has 7 atom stereocenters. The van der Waals surface area contributed by atoms with Crippen LogP contribution in [0.25, 0.3) is 0 Å². The highest BCUT2D eigenvalue weighted by atomic mass is 16.8. The molecule has 5 fully saturated rings. The van der Waals surface area contributed by atoms with Gasteiger partial charge in [-0.15, -0.1) is 0 Å². The molecule has 7 rings (SSSR count). The number of ether oxygens (including phenoxy) is 8. The van der Waals surface area contributed by atoms with E-state index in [1.165, 1.54) is 60.8 Å². The summed E-state index contributed by atoms with van der Waals surface area (Å²) >= 11 is 0. The summed E-state index contributed by atoms with van der Waals surface area (Å²) in [7, 11) is 0. The highest BCUT2D eigenvalue weighted by molar-refractivity contribution is 6.15. The van der Waals surface area contributed by atoms with Gasteiger partial charge in [0, 0.05) is 50.4 Å². The Hall–Kier alpha value is -5.61. The maximum Gasteiger partial charge on any atom is 0.348 e. The van der Waals surface area contributed by atoms with Crippen LogP contribution in [0.2, 0.25) is 0 Å². The van der Waals surface area contributed by atoms with Crippen molar-refractivity contribution in [1.29, 1.82) is 0 Å². The van der Waals surface area contributed by atoms with E-state index in [1.54, 1.807) is 0 Å². The summed E-state index contributed by atoms with van der Waals surface area (Å²) in [4.78, 5) is 64.4. The van der Waals surface area contributed by atoms with Gasteiger partial charge in [0.05, 0.1) is 28.6 Å². The number of aliphatic hydroxyl groups is 1. The molecule has 7 aliphatic rings. The molecule has 16 nitrogen and oxygen atoms in total. The maximum atomic E-state index is 13.0. The molecule has 3 saturated carbocycles. The van der Waals surface area contributed by atoms with Gasteiger partial charge in [0.15, 0.2) is 17.9 Å². The van der Waals surface area contributed by atoms with Crippen molar-refractivity contribution in [3.63, 3.8) is 0 Å². The summed E-state index contributed by atoms with van der Waals surface area (Å²) in [5.41, 5.74) is -1.20. The highest BCUT2D eigenvalue weighted by Crippen LogP contribution is 2.47. The summed E-state index contributed by atoms with van der Waals surface area (Å²) < 4.78 is 44.9. The molecule has 7 unspecified atom stereocenters. The van der Waals surface area contributed by atoms with Crippen molar-refractivity contribution in [2.45, 2.75) is 121 Å². The summed E-state index contributed by atoms with van der Waals surface area (Å²) in [6.45, 7) is 7.79. The zero-order chi connectivity index (χ0) is 43.0. The quantitative estimate of drug-likeness (QED) is 0.133. The molecule has 4 heterocycles. The molecule has 0 aromatic rings. The molecule has 0 aromatic heterocycles. The van der Waals surface area contributed by atoms with Gasteiger partial charge in [-0.3, -0.25) is 0 Å². The van der Waals surface area contributed by atoms with Gasteiger partial charge in [-0.05, 0) is 49.0 Å². The first kappa shape index (κ1) is 42.5. The van der Waals surface area contributed by atoms with Crippen molar-refractivity contribution in [3.05, 3.63) is 94.9 Å². The third-order valence-corrected chi connectivity index (χ3v) is 12.3. The topological polar surface area (TPSA) is 226 Å². The first-order chi connectivity index (χ1) is 28.5. The predicted molar refractivity (Wildman–Crippen MR) is 200 cm³/mol. The molecule has 3 aliphatic carbocycles. The molecule has 322 valence electrons. The molecular weight excluding hydrogens is 784 g/mol. The zero-order valence-corrected chi connectivity index (χ0v) is 33.8. The normalized spacial score (nSPS) is 38.3. The number of hydrogen-bond donors (Lipinski definition) is 1. The SMILES string of the molecule is CC1CCC(C)C2(C1)OC(=O)C(C=CC=CC=C1C(=O)OC3(CCC4(CC3)OC(=O)/C(=C/C=C/C=C/C3=C([O-])OC5(CC(C)CCC5C)OC3=O)C(O)O4)OC1=O)=C([O-])O2. The van der Waals surface area contributed by atoms with Crippen molar-refractivity contribution in [3.8, 4) is 0 Å². The van der Waals surface area contributed by atoms with E-state index in [1.807, 2.05) is 27.7 Å². The molecule has 2 saturated heterocycles. The predicted octanol–water partition coefficient (Wildman–Crippen LogP) is 3.62. The minimum absolute atomic E-state index is 0.0848. The molecular formula is C44H48O16-2. The number of carbonyl (C=O) groups excluding carboxylic acids is 5. The van der Waals surface area contributed by atoms with Gasteiger partial charge in [0.2, 0.25) is 5.79 Å². The molecule has 0 aromatic carbocycles. The van der Waals surface area contributed by atoms with E-state index in [9.17, 15) is 39.3 Å². The standard InChI is InChI=1S/C44H50O16/c1-25-15-17-27(3)43(23-25)57-37(49)31(38(50)58-43)13-9-5-7-11-29-33(45)53-41(54-34(29)46)19-21-42(22-20-41)55-35(47)30(36(48)56-42)12-8-6-10-14-32-39(51)59-44(60-40(32)52)24-26(2)16-18-28(44)4/h5-14,25-28,33,45,49,51H,15-24H2,1-4H3/p-2/b7-5+,8-6?,13-9+,14-10?,29-11+,30-12?. The van der Waals surface area contributed by atoms with Crippen LogP contribution in [-0.2, 0) is 61.9 Å². The third kappa shape index (κ3) is 8.39. The Kier molecular flexibility index (Phi) is 11.7.